The molecule has 2 rings (SSSR count). The van der Waals surface area contributed by atoms with Crippen molar-refractivity contribution in [3.8, 4) is 0 Å². The first-order valence-corrected chi connectivity index (χ1v) is 4.28. The van der Waals surface area contributed by atoms with Gasteiger partial charge in [-0.25, -0.2) is 0 Å². The van der Waals surface area contributed by atoms with Crippen molar-refractivity contribution in [2.24, 2.45) is 11.7 Å². The maximum atomic E-state index is 11.3. The summed E-state index contributed by atoms with van der Waals surface area (Å²) in [5, 5.41) is 3.02. The van der Waals surface area contributed by atoms with Crippen molar-refractivity contribution in [2.75, 3.05) is 6.54 Å². The van der Waals surface area contributed by atoms with Crippen LogP contribution >= 0.6 is 0 Å². The Bertz CT molecular complexity index is 193. The topological polar surface area (TPSA) is 55.1 Å². The summed E-state index contributed by atoms with van der Waals surface area (Å²) in [5.74, 6) is 0.500. The summed E-state index contributed by atoms with van der Waals surface area (Å²) in [5.41, 5.74) is 5.61. The van der Waals surface area contributed by atoms with Gasteiger partial charge in [0, 0.05) is 12.5 Å². The molecule has 11 heavy (non-hydrogen) atoms. The lowest BCUT2D eigenvalue weighted by Gasteiger charge is -2.30. The van der Waals surface area contributed by atoms with Gasteiger partial charge in [0.05, 0.1) is 5.54 Å². The van der Waals surface area contributed by atoms with Crippen LogP contribution in [0.3, 0.4) is 0 Å². The summed E-state index contributed by atoms with van der Waals surface area (Å²) in [6, 6.07) is 0. The number of carbonyl (C=O) groups is 1. The fraction of sp³-hybridized carbons (Fsp3) is 0.875. The van der Waals surface area contributed by atoms with Gasteiger partial charge in [-0.05, 0) is 19.3 Å². The SMILES string of the molecule is NCC12CCCC(C1)C(=O)N2. The molecule has 62 valence electrons. The smallest absolute Gasteiger partial charge is 0.223 e. The number of fused-ring (bicyclic) bond motifs is 2. The third-order valence-electron chi connectivity index (χ3n) is 2.99. The molecule has 0 aromatic rings. The van der Waals surface area contributed by atoms with Crippen molar-refractivity contribution in [1.82, 2.24) is 5.32 Å². The van der Waals surface area contributed by atoms with Crippen LogP contribution in [0.5, 0.6) is 0 Å². The zero-order valence-electron chi connectivity index (χ0n) is 6.60. The first-order chi connectivity index (χ1) is 5.26. The largest absolute Gasteiger partial charge is 0.349 e. The van der Waals surface area contributed by atoms with Crippen molar-refractivity contribution in [3.63, 3.8) is 0 Å². The van der Waals surface area contributed by atoms with E-state index in [9.17, 15) is 4.79 Å². The van der Waals surface area contributed by atoms with Crippen molar-refractivity contribution in [2.45, 2.75) is 31.2 Å². The van der Waals surface area contributed by atoms with Crippen molar-refractivity contribution in [3.05, 3.63) is 0 Å². The van der Waals surface area contributed by atoms with E-state index in [1.165, 1.54) is 0 Å². The lowest BCUT2D eigenvalue weighted by molar-refractivity contribution is -0.122. The molecule has 0 aromatic carbocycles. The van der Waals surface area contributed by atoms with Crippen LogP contribution in [0.25, 0.3) is 0 Å². The average Bonchev–Trinajstić information content (AvgIpc) is 2.25. The Morgan fingerprint density at radius 3 is 3.18 bits per heavy atom. The van der Waals surface area contributed by atoms with Crippen LogP contribution in [0.2, 0.25) is 0 Å². The Kier molecular flexibility index (Phi) is 1.42. The maximum absolute atomic E-state index is 11.3. The number of rotatable bonds is 1. The summed E-state index contributed by atoms with van der Waals surface area (Å²) in [6.45, 7) is 0.606. The van der Waals surface area contributed by atoms with Gasteiger partial charge < -0.3 is 11.1 Å². The number of nitrogens with one attached hydrogen (secondary N) is 1. The normalized spacial score (nSPS) is 42.3. The Morgan fingerprint density at radius 2 is 2.55 bits per heavy atom. The second-order valence-corrected chi connectivity index (χ2v) is 3.77. The second-order valence-electron chi connectivity index (χ2n) is 3.77. The minimum Gasteiger partial charge on any atom is -0.349 e. The van der Waals surface area contributed by atoms with Crippen molar-refractivity contribution in [1.29, 1.82) is 0 Å². The van der Waals surface area contributed by atoms with E-state index >= 15 is 0 Å². The van der Waals surface area contributed by atoms with Crippen LogP contribution in [0.4, 0.5) is 0 Å². The fourth-order valence-corrected chi connectivity index (χ4v) is 2.30. The molecule has 2 bridgehead atoms. The summed E-state index contributed by atoms with van der Waals surface area (Å²) < 4.78 is 0. The van der Waals surface area contributed by atoms with E-state index in [-0.39, 0.29) is 17.4 Å². The van der Waals surface area contributed by atoms with E-state index < -0.39 is 0 Å². The standard InChI is InChI=1S/C8H14N2O/c9-5-8-3-1-2-6(4-8)7(11)10-8/h6H,1-5,9H2,(H,10,11). The van der Waals surface area contributed by atoms with E-state index in [1.54, 1.807) is 0 Å². The first kappa shape index (κ1) is 7.10. The highest BCUT2D eigenvalue weighted by Crippen LogP contribution is 2.37. The summed E-state index contributed by atoms with van der Waals surface area (Å²) >= 11 is 0. The molecule has 0 spiro atoms. The molecule has 3 nitrogen and oxygen atoms in total. The molecule has 1 saturated carbocycles. The Hall–Kier alpha value is -0.570. The molecule has 0 aromatic heterocycles. The van der Waals surface area contributed by atoms with Gasteiger partial charge in [-0.2, -0.15) is 0 Å². The van der Waals surface area contributed by atoms with E-state index in [4.69, 9.17) is 5.73 Å². The minimum absolute atomic E-state index is 0.0139. The number of hydrogen-bond donors (Lipinski definition) is 2. The molecule has 2 atom stereocenters. The molecule has 1 saturated heterocycles. The third kappa shape index (κ3) is 0.948. The minimum atomic E-state index is -0.0139. The molecular weight excluding hydrogens is 140 g/mol. The van der Waals surface area contributed by atoms with Crippen molar-refractivity contribution >= 4 is 5.91 Å². The van der Waals surface area contributed by atoms with E-state index in [2.05, 4.69) is 5.32 Å². The highest BCUT2D eigenvalue weighted by atomic mass is 16.2. The van der Waals surface area contributed by atoms with E-state index in [1.807, 2.05) is 0 Å². The second kappa shape index (κ2) is 2.21. The zero-order valence-corrected chi connectivity index (χ0v) is 6.60. The lowest BCUT2D eigenvalue weighted by Crippen LogP contribution is -2.47. The van der Waals surface area contributed by atoms with Crippen LogP contribution in [0.1, 0.15) is 25.7 Å². The lowest BCUT2D eigenvalue weighted by atomic mass is 9.80. The Labute approximate surface area is 66.3 Å². The van der Waals surface area contributed by atoms with Gasteiger partial charge in [-0.3, -0.25) is 4.79 Å². The molecular formula is C8H14N2O. The van der Waals surface area contributed by atoms with Gasteiger partial charge >= 0.3 is 0 Å². The number of amides is 1. The summed E-state index contributed by atoms with van der Waals surface area (Å²) in [7, 11) is 0. The fourth-order valence-electron chi connectivity index (χ4n) is 2.30. The molecule has 2 fully saturated rings. The quantitative estimate of drug-likeness (QED) is 0.558. The van der Waals surface area contributed by atoms with Crippen LogP contribution in [0, 0.1) is 5.92 Å². The molecule has 2 aliphatic rings. The monoisotopic (exact) mass is 154 g/mol. The Morgan fingerprint density at radius 1 is 1.73 bits per heavy atom. The van der Waals surface area contributed by atoms with Crippen molar-refractivity contribution < 1.29 is 4.79 Å². The highest BCUT2D eigenvalue weighted by Gasteiger charge is 2.45. The number of hydrogen-bond acceptors (Lipinski definition) is 2. The molecule has 3 heteroatoms. The van der Waals surface area contributed by atoms with Crippen LogP contribution in [-0.2, 0) is 4.79 Å². The third-order valence-corrected chi connectivity index (χ3v) is 2.99. The van der Waals surface area contributed by atoms with Gasteiger partial charge in [0.2, 0.25) is 5.91 Å². The predicted octanol–water partition coefficient (Wildman–Crippen LogP) is 0.00390. The molecule has 0 radical (unpaired) electrons. The van der Waals surface area contributed by atoms with E-state index in [0.29, 0.717) is 6.54 Å². The first-order valence-electron chi connectivity index (χ1n) is 4.28. The number of carbonyl (C=O) groups excluding carboxylic acids is 1. The van der Waals surface area contributed by atoms with Gasteiger partial charge in [0.1, 0.15) is 0 Å². The molecule has 1 heterocycles. The highest BCUT2D eigenvalue weighted by molar-refractivity contribution is 5.82. The van der Waals surface area contributed by atoms with Crippen LogP contribution in [0.15, 0.2) is 0 Å². The van der Waals surface area contributed by atoms with Gasteiger partial charge in [-0.1, -0.05) is 6.42 Å². The molecule has 1 aliphatic carbocycles. The summed E-state index contributed by atoms with van der Waals surface area (Å²) in [4.78, 5) is 11.3. The van der Waals surface area contributed by atoms with Gasteiger partial charge in [0.15, 0.2) is 0 Å². The zero-order chi connectivity index (χ0) is 7.90. The van der Waals surface area contributed by atoms with Gasteiger partial charge in [-0.15, -0.1) is 0 Å². The van der Waals surface area contributed by atoms with Gasteiger partial charge in [0.25, 0.3) is 0 Å². The maximum Gasteiger partial charge on any atom is 0.223 e. The summed E-state index contributed by atoms with van der Waals surface area (Å²) in [6.07, 6.45) is 4.27. The molecule has 2 unspecified atom stereocenters. The van der Waals surface area contributed by atoms with E-state index in [0.717, 1.165) is 25.7 Å². The average molecular weight is 154 g/mol. The number of nitrogens with two attached hydrogens (primary N) is 1. The van der Waals surface area contributed by atoms with Crippen LogP contribution < -0.4 is 11.1 Å². The molecule has 1 aliphatic heterocycles. The molecule has 3 N–H and O–H groups in total. The molecule has 1 amide bonds. The Balaban J connectivity index is 2.20. The van der Waals surface area contributed by atoms with Crippen LogP contribution in [-0.4, -0.2) is 18.0 Å². The predicted molar refractivity (Wildman–Crippen MR) is 41.9 cm³/mol.